The second kappa shape index (κ2) is 5.16. The van der Waals surface area contributed by atoms with E-state index in [1.807, 2.05) is 18.2 Å². The molecule has 0 aromatic heterocycles. The number of nitrogens with one attached hydrogen (secondary N) is 1. The minimum absolute atomic E-state index is 0.147. The second-order valence-corrected chi connectivity index (χ2v) is 5.43. The molecule has 2 nitrogen and oxygen atoms in total. The fourth-order valence-electron chi connectivity index (χ4n) is 2.87. The average Bonchev–Trinajstić information content (AvgIpc) is 2.47. The first-order valence-electron chi connectivity index (χ1n) is 6.99. The quantitative estimate of drug-likeness (QED) is 0.879. The number of para-hydroxylation sites is 2. The third-order valence-electron chi connectivity index (χ3n) is 4.13. The molecule has 1 heterocycles. The molecule has 1 aliphatic rings. The number of hydrogen-bond acceptors (Lipinski definition) is 2. The highest BCUT2D eigenvalue weighted by atomic mass is 19.1. The topological polar surface area (TPSA) is 15.3 Å². The highest BCUT2D eigenvalue weighted by molar-refractivity contribution is 5.60. The fraction of sp³-hybridized carbons (Fsp3) is 0.294. The smallest absolute Gasteiger partial charge is 0.146 e. The third-order valence-corrected chi connectivity index (χ3v) is 4.13. The molecular weight excluding hydrogens is 251 g/mol. The van der Waals surface area contributed by atoms with Crippen molar-refractivity contribution in [1.82, 2.24) is 0 Å². The molecule has 20 heavy (non-hydrogen) atoms. The van der Waals surface area contributed by atoms with Crippen LogP contribution in [0, 0.1) is 5.82 Å². The van der Waals surface area contributed by atoms with E-state index in [1.165, 1.54) is 17.3 Å². The Labute approximate surface area is 119 Å². The maximum atomic E-state index is 13.8. The number of hydrogen-bond donors (Lipinski definition) is 1. The zero-order valence-corrected chi connectivity index (χ0v) is 11.8. The summed E-state index contributed by atoms with van der Waals surface area (Å²) in [7, 11) is 2.11. The van der Waals surface area contributed by atoms with Crippen LogP contribution in [0.4, 0.5) is 15.8 Å². The van der Waals surface area contributed by atoms with Crippen LogP contribution in [0.25, 0.3) is 0 Å². The van der Waals surface area contributed by atoms with Gasteiger partial charge >= 0.3 is 0 Å². The zero-order chi connectivity index (χ0) is 14.1. The van der Waals surface area contributed by atoms with Gasteiger partial charge in [0.2, 0.25) is 0 Å². The minimum atomic E-state index is -0.198. The number of halogens is 1. The lowest BCUT2D eigenvalue weighted by molar-refractivity contribution is 0.536. The molecule has 3 heteroatoms. The molecule has 1 aliphatic heterocycles. The van der Waals surface area contributed by atoms with Crippen molar-refractivity contribution < 1.29 is 4.39 Å². The summed E-state index contributed by atoms with van der Waals surface area (Å²) < 4.78 is 13.8. The van der Waals surface area contributed by atoms with E-state index in [4.69, 9.17) is 0 Å². The third kappa shape index (κ3) is 2.24. The van der Waals surface area contributed by atoms with Gasteiger partial charge in [-0.3, -0.25) is 0 Å². The summed E-state index contributed by atoms with van der Waals surface area (Å²) >= 11 is 0. The maximum Gasteiger partial charge on any atom is 0.146 e. The highest BCUT2D eigenvalue weighted by Crippen LogP contribution is 2.38. The van der Waals surface area contributed by atoms with Crippen molar-refractivity contribution in [3.05, 3.63) is 59.9 Å². The summed E-state index contributed by atoms with van der Waals surface area (Å²) in [5, 5.41) is 3.35. The second-order valence-electron chi connectivity index (χ2n) is 5.43. The van der Waals surface area contributed by atoms with Crippen LogP contribution < -0.4 is 10.2 Å². The number of nitrogens with zero attached hydrogens (tertiary/aromatic N) is 1. The number of benzene rings is 2. The van der Waals surface area contributed by atoms with Gasteiger partial charge in [-0.1, -0.05) is 30.3 Å². The van der Waals surface area contributed by atoms with E-state index in [0.717, 1.165) is 6.42 Å². The molecule has 2 aromatic carbocycles. The minimum Gasteiger partial charge on any atom is -0.376 e. The van der Waals surface area contributed by atoms with Crippen LogP contribution in [0.15, 0.2) is 48.5 Å². The molecule has 0 fully saturated rings. The van der Waals surface area contributed by atoms with Crippen molar-refractivity contribution in [1.29, 1.82) is 0 Å². The fourth-order valence-corrected chi connectivity index (χ4v) is 2.87. The van der Waals surface area contributed by atoms with Gasteiger partial charge in [-0.05, 0) is 37.1 Å². The summed E-state index contributed by atoms with van der Waals surface area (Å²) in [5.74, 6) is -0.198. The summed E-state index contributed by atoms with van der Waals surface area (Å²) in [6, 6.07) is 15.8. The first-order chi connectivity index (χ1) is 9.66. The molecule has 0 aliphatic carbocycles. The van der Waals surface area contributed by atoms with E-state index in [1.54, 1.807) is 12.1 Å². The number of rotatable bonds is 2. The van der Waals surface area contributed by atoms with Crippen LogP contribution in [0.5, 0.6) is 0 Å². The summed E-state index contributed by atoms with van der Waals surface area (Å²) in [6.07, 6.45) is 0.960. The van der Waals surface area contributed by atoms with E-state index in [0.29, 0.717) is 11.7 Å². The Morgan fingerprint density at radius 2 is 1.80 bits per heavy atom. The van der Waals surface area contributed by atoms with Gasteiger partial charge in [0, 0.05) is 18.8 Å². The predicted octanol–water partition coefficient (Wildman–Crippen LogP) is 4.21. The normalized spacial score (nSPS) is 21.4. The molecule has 0 radical (unpaired) electrons. The van der Waals surface area contributed by atoms with Gasteiger partial charge in [0.1, 0.15) is 5.82 Å². The molecule has 104 valence electrons. The van der Waals surface area contributed by atoms with E-state index >= 15 is 0 Å². The summed E-state index contributed by atoms with van der Waals surface area (Å²) in [5.41, 5.74) is 3.03. The molecule has 1 N–H and O–H groups in total. The van der Waals surface area contributed by atoms with Gasteiger partial charge < -0.3 is 10.2 Å². The molecule has 0 saturated heterocycles. The molecule has 2 unspecified atom stereocenters. The van der Waals surface area contributed by atoms with E-state index < -0.39 is 0 Å². The predicted molar refractivity (Wildman–Crippen MR) is 81.7 cm³/mol. The van der Waals surface area contributed by atoms with Crippen molar-refractivity contribution in [3.63, 3.8) is 0 Å². The molecule has 0 saturated carbocycles. The van der Waals surface area contributed by atoms with Gasteiger partial charge in [0.15, 0.2) is 0 Å². The van der Waals surface area contributed by atoms with Crippen molar-refractivity contribution >= 4 is 11.4 Å². The molecule has 3 rings (SSSR count). The Morgan fingerprint density at radius 3 is 2.60 bits per heavy atom. The van der Waals surface area contributed by atoms with Crippen LogP contribution in [-0.4, -0.2) is 13.1 Å². The Hall–Kier alpha value is -2.03. The monoisotopic (exact) mass is 270 g/mol. The Balaban J connectivity index is 1.95. The maximum absolute atomic E-state index is 13.8. The Bertz CT molecular complexity index is 611. The molecule has 0 spiro atoms. The van der Waals surface area contributed by atoms with E-state index in [9.17, 15) is 4.39 Å². The molecule has 2 aromatic rings. The van der Waals surface area contributed by atoms with Gasteiger partial charge in [0.25, 0.3) is 0 Å². The lowest BCUT2D eigenvalue weighted by Gasteiger charge is -2.39. The standard InChI is InChI=1S/C17H19FN2/c1-12-11-16(19-15-9-5-4-8-14(15)18)13-7-3-6-10-17(13)20(12)2/h3-10,12,16,19H,11H2,1-2H3. The van der Waals surface area contributed by atoms with Crippen LogP contribution in [0.1, 0.15) is 24.9 Å². The van der Waals surface area contributed by atoms with Gasteiger partial charge in [-0.2, -0.15) is 0 Å². The summed E-state index contributed by atoms with van der Waals surface area (Å²) in [6.45, 7) is 2.20. The van der Waals surface area contributed by atoms with Crippen molar-refractivity contribution in [2.24, 2.45) is 0 Å². The summed E-state index contributed by atoms with van der Waals surface area (Å²) in [4.78, 5) is 2.29. The SMILES string of the molecule is CC1CC(Nc2ccccc2F)c2ccccc2N1C. The molecule has 0 amide bonds. The number of fused-ring (bicyclic) bond motifs is 1. The van der Waals surface area contributed by atoms with E-state index in [-0.39, 0.29) is 11.9 Å². The highest BCUT2D eigenvalue weighted by Gasteiger charge is 2.27. The lowest BCUT2D eigenvalue weighted by atomic mass is 9.92. The van der Waals surface area contributed by atoms with Crippen LogP contribution in [-0.2, 0) is 0 Å². The van der Waals surface area contributed by atoms with Crippen molar-refractivity contribution in [2.45, 2.75) is 25.4 Å². The molecule has 2 atom stereocenters. The van der Waals surface area contributed by atoms with Gasteiger partial charge in [-0.25, -0.2) is 4.39 Å². The van der Waals surface area contributed by atoms with Crippen LogP contribution >= 0.6 is 0 Å². The largest absolute Gasteiger partial charge is 0.376 e. The Kier molecular flexibility index (Phi) is 3.35. The zero-order valence-electron chi connectivity index (χ0n) is 11.8. The van der Waals surface area contributed by atoms with E-state index in [2.05, 4.69) is 36.3 Å². The number of anilines is 2. The van der Waals surface area contributed by atoms with Gasteiger partial charge in [0.05, 0.1) is 11.7 Å². The van der Waals surface area contributed by atoms with Gasteiger partial charge in [-0.15, -0.1) is 0 Å². The first kappa shape index (κ1) is 13.0. The first-order valence-corrected chi connectivity index (χ1v) is 6.99. The van der Waals surface area contributed by atoms with Crippen molar-refractivity contribution in [2.75, 3.05) is 17.3 Å². The lowest BCUT2D eigenvalue weighted by Crippen LogP contribution is -2.37. The molecule has 0 bridgehead atoms. The van der Waals surface area contributed by atoms with Crippen molar-refractivity contribution in [3.8, 4) is 0 Å². The average molecular weight is 270 g/mol. The van der Waals surface area contributed by atoms with Crippen LogP contribution in [0.2, 0.25) is 0 Å². The molecular formula is C17H19FN2. The Morgan fingerprint density at radius 1 is 1.10 bits per heavy atom. The van der Waals surface area contributed by atoms with Crippen LogP contribution in [0.3, 0.4) is 0 Å².